The number of anilines is 1. The molecule has 1 heterocycles. The highest BCUT2D eigenvalue weighted by atomic mass is 16.5. The van der Waals surface area contributed by atoms with Gasteiger partial charge >= 0.3 is 11.7 Å². The van der Waals surface area contributed by atoms with Crippen LogP contribution >= 0.6 is 0 Å². The van der Waals surface area contributed by atoms with E-state index in [1.165, 1.54) is 6.92 Å². The third-order valence-electron chi connectivity index (χ3n) is 1.70. The lowest BCUT2D eigenvalue weighted by atomic mass is 10.3. The van der Waals surface area contributed by atoms with Crippen molar-refractivity contribution < 1.29 is 9.53 Å². The van der Waals surface area contributed by atoms with Gasteiger partial charge in [-0.25, -0.2) is 14.7 Å². The van der Waals surface area contributed by atoms with Gasteiger partial charge in [-0.15, -0.1) is 5.10 Å². The van der Waals surface area contributed by atoms with Crippen LogP contribution in [0.1, 0.15) is 13.8 Å². The molecule has 0 fully saturated rings. The monoisotopic (exact) mass is 228 g/mol. The maximum atomic E-state index is 11.2. The second kappa shape index (κ2) is 5.10. The van der Waals surface area contributed by atoms with Gasteiger partial charge in [0.1, 0.15) is 6.04 Å². The van der Waals surface area contributed by atoms with Crippen molar-refractivity contribution in [3.63, 3.8) is 0 Å². The van der Waals surface area contributed by atoms with Crippen LogP contribution in [0.2, 0.25) is 0 Å². The predicted octanol–water partition coefficient (Wildman–Crippen LogP) is -1.18. The summed E-state index contributed by atoms with van der Waals surface area (Å²) in [5, 5.41) is 8.02. The van der Waals surface area contributed by atoms with Crippen molar-refractivity contribution in [2.75, 3.05) is 11.9 Å². The van der Waals surface area contributed by atoms with Crippen LogP contribution in [0.5, 0.6) is 0 Å². The molecule has 3 N–H and O–H groups in total. The summed E-state index contributed by atoms with van der Waals surface area (Å²) in [6, 6.07) is -0.723. The number of aromatic nitrogens is 3. The summed E-state index contributed by atoms with van der Waals surface area (Å²) in [5.41, 5.74) is -1.40. The predicted molar refractivity (Wildman–Crippen MR) is 55.2 cm³/mol. The number of aromatic amines is 2. The molecule has 8 heteroatoms. The van der Waals surface area contributed by atoms with Gasteiger partial charge in [0.15, 0.2) is 0 Å². The zero-order chi connectivity index (χ0) is 12.1. The minimum absolute atomic E-state index is 0.139. The van der Waals surface area contributed by atoms with Crippen molar-refractivity contribution in [3.05, 3.63) is 20.8 Å². The fourth-order valence-electron chi connectivity index (χ4n) is 0.977. The van der Waals surface area contributed by atoms with Gasteiger partial charge in [-0.3, -0.25) is 9.78 Å². The molecule has 16 heavy (non-hydrogen) atoms. The number of hydrogen-bond acceptors (Lipinski definition) is 6. The van der Waals surface area contributed by atoms with Gasteiger partial charge in [0.2, 0.25) is 5.82 Å². The van der Waals surface area contributed by atoms with Crippen molar-refractivity contribution in [1.29, 1.82) is 0 Å². The van der Waals surface area contributed by atoms with Gasteiger partial charge in [-0.2, -0.15) is 0 Å². The summed E-state index contributed by atoms with van der Waals surface area (Å²) < 4.78 is 4.73. The van der Waals surface area contributed by atoms with E-state index in [1.54, 1.807) is 6.92 Å². The largest absolute Gasteiger partial charge is 0.464 e. The molecule has 0 aromatic carbocycles. The van der Waals surface area contributed by atoms with E-state index in [4.69, 9.17) is 4.74 Å². The number of rotatable bonds is 4. The maximum absolute atomic E-state index is 11.2. The van der Waals surface area contributed by atoms with E-state index in [9.17, 15) is 14.4 Å². The van der Waals surface area contributed by atoms with Gasteiger partial charge in [-0.05, 0) is 13.8 Å². The van der Waals surface area contributed by atoms with E-state index in [0.29, 0.717) is 0 Å². The average Bonchev–Trinajstić information content (AvgIpc) is 2.22. The summed E-state index contributed by atoms with van der Waals surface area (Å²) in [4.78, 5) is 35.1. The number of carbonyl (C=O) groups excluding carboxylic acids is 1. The summed E-state index contributed by atoms with van der Waals surface area (Å²) in [6.45, 7) is 3.44. The lowest BCUT2D eigenvalue weighted by molar-refractivity contribution is -0.143. The molecule has 0 amide bonds. The quantitative estimate of drug-likeness (QED) is 0.558. The van der Waals surface area contributed by atoms with Crippen molar-refractivity contribution in [2.24, 2.45) is 0 Å². The molecule has 0 bridgehead atoms. The van der Waals surface area contributed by atoms with Crippen molar-refractivity contribution >= 4 is 11.8 Å². The molecular weight excluding hydrogens is 216 g/mol. The molecule has 0 saturated carbocycles. The lowest BCUT2D eigenvalue weighted by Crippen LogP contribution is -2.34. The molecule has 8 nitrogen and oxygen atoms in total. The molecule has 0 radical (unpaired) electrons. The van der Waals surface area contributed by atoms with Crippen LogP contribution in [0, 0.1) is 0 Å². The summed E-state index contributed by atoms with van der Waals surface area (Å²) in [7, 11) is 0. The second-order valence-corrected chi connectivity index (χ2v) is 2.97. The minimum atomic E-state index is -0.723. The normalized spacial score (nSPS) is 11.9. The number of esters is 1. The fourth-order valence-corrected chi connectivity index (χ4v) is 0.977. The Bertz CT molecular complexity index is 477. The fraction of sp³-hybridized carbons (Fsp3) is 0.500. The van der Waals surface area contributed by atoms with Crippen LogP contribution in [0.25, 0.3) is 0 Å². The van der Waals surface area contributed by atoms with Gasteiger partial charge in [0.25, 0.3) is 5.56 Å². The van der Waals surface area contributed by atoms with Crippen molar-refractivity contribution in [1.82, 2.24) is 15.2 Å². The smallest absolute Gasteiger partial charge is 0.342 e. The Balaban J connectivity index is 2.77. The summed E-state index contributed by atoms with van der Waals surface area (Å²) in [5.74, 6) is -0.643. The number of nitrogens with one attached hydrogen (secondary N) is 3. The molecule has 1 atom stereocenters. The van der Waals surface area contributed by atoms with Crippen molar-refractivity contribution in [3.8, 4) is 0 Å². The maximum Gasteiger partial charge on any atom is 0.342 e. The zero-order valence-corrected chi connectivity index (χ0v) is 8.86. The van der Waals surface area contributed by atoms with E-state index in [0.717, 1.165) is 0 Å². The Morgan fingerprint density at radius 2 is 2.25 bits per heavy atom. The Labute approximate surface area is 90.0 Å². The van der Waals surface area contributed by atoms with E-state index in [1.807, 2.05) is 10.1 Å². The van der Waals surface area contributed by atoms with Crippen LogP contribution in [-0.2, 0) is 9.53 Å². The minimum Gasteiger partial charge on any atom is -0.464 e. The van der Waals surface area contributed by atoms with Crippen LogP contribution in [0.4, 0.5) is 5.82 Å². The van der Waals surface area contributed by atoms with Crippen molar-refractivity contribution in [2.45, 2.75) is 19.9 Å². The van der Waals surface area contributed by atoms with E-state index < -0.39 is 23.3 Å². The van der Waals surface area contributed by atoms with Crippen LogP contribution in [0.3, 0.4) is 0 Å². The molecule has 1 aromatic heterocycles. The number of carbonyl (C=O) groups is 1. The van der Waals surface area contributed by atoms with E-state index in [2.05, 4.69) is 10.4 Å². The second-order valence-electron chi connectivity index (χ2n) is 2.97. The Kier molecular flexibility index (Phi) is 3.81. The number of nitrogens with zero attached hydrogens (tertiary/aromatic N) is 1. The number of hydrogen-bond donors (Lipinski definition) is 3. The first-order valence-corrected chi connectivity index (χ1v) is 4.66. The van der Waals surface area contributed by atoms with Gasteiger partial charge < -0.3 is 10.1 Å². The third kappa shape index (κ3) is 2.94. The first-order chi connectivity index (χ1) is 7.54. The highest BCUT2D eigenvalue weighted by Gasteiger charge is 2.15. The van der Waals surface area contributed by atoms with Gasteiger partial charge in [0, 0.05) is 0 Å². The van der Waals surface area contributed by atoms with Gasteiger partial charge in [-0.1, -0.05) is 0 Å². The third-order valence-corrected chi connectivity index (χ3v) is 1.70. The van der Waals surface area contributed by atoms with Crippen LogP contribution in [-0.4, -0.2) is 33.8 Å². The molecule has 0 unspecified atom stereocenters. The first kappa shape index (κ1) is 12.0. The molecule has 1 rings (SSSR count). The Morgan fingerprint density at radius 1 is 1.56 bits per heavy atom. The highest BCUT2D eigenvalue weighted by Crippen LogP contribution is 1.95. The molecule has 1 aromatic rings. The topological polar surface area (TPSA) is 117 Å². The van der Waals surface area contributed by atoms with E-state index >= 15 is 0 Å². The van der Waals surface area contributed by atoms with Crippen LogP contribution < -0.4 is 16.6 Å². The molecule has 88 valence electrons. The summed E-state index contributed by atoms with van der Waals surface area (Å²) >= 11 is 0. The Hall–Kier alpha value is -2.12. The standard InChI is InChI=1S/C8H12N4O4/c1-3-16-7(14)4(2)9-5-6(13)10-8(15)12-11-5/h4H,3H2,1-2H3,(H,9,11)(H2,10,12,13,15)/t4-/m1/s1. The van der Waals surface area contributed by atoms with E-state index in [-0.39, 0.29) is 12.4 Å². The average molecular weight is 228 g/mol. The zero-order valence-electron chi connectivity index (χ0n) is 8.86. The van der Waals surface area contributed by atoms with Crippen LogP contribution in [0.15, 0.2) is 9.59 Å². The first-order valence-electron chi connectivity index (χ1n) is 4.66. The molecule has 0 aliphatic rings. The molecule has 0 spiro atoms. The highest BCUT2D eigenvalue weighted by molar-refractivity contribution is 5.78. The molecular formula is C8H12N4O4. The molecule has 0 aliphatic heterocycles. The Morgan fingerprint density at radius 3 is 2.81 bits per heavy atom. The molecule has 0 saturated heterocycles. The van der Waals surface area contributed by atoms with Gasteiger partial charge in [0.05, 0.1) is 6.61 Å². The molecule has 0 aliphatic carbocycles. The lowest BCUT2D eigenvalue weighted by Gasteiger charge is -2.11. The SMILES string of the molecule is CCOC(=O)[C@@H](C)Nc1n[nH]c(=O)[nH]c1=O. The summed E-state index contributed by atoms with van der Waals surface area (Å²) in [6.07, 6.45) is 0. The number of ether oxygens (including phenoxy) is 1. The number of H-pyrrole nitrogens is 2.